The molecule has 1 atom stereocenters. The number of phosphoric ester groups is 1. The maximum Gasteiger partial charge on any atom is 0.472 e. The predicted molar refractivity (Wildman–Crippen MR) is 73.0 cm³/mol. The molecule has 0 aliphatic rings. The van der Waals surface area contributed by atoms with E-state index in [0.717, 1.165) is 0 Å². The molecule has 0 amide bonds. The Labute approximate surface area is 107 Å². The summed E-state index contributed by atoms with van der Waals surface area (Å²) in [7, 11) is 2.15. The predicted octanol–water partition coefficient (Wildman–Crippen LogP) is 2.90. The van der Waals surface area contributed by atoms with Crippen molar-refractivity contribution in [3.8, 4) is 0 Å². The summed E-state index contributed by atoms with van der Waals surface area (Å²) in [5.74, 6) is 0. The van der Waals surface area contributed by atoms with Gasteiger partial charge in [-0.15, -0.1) is 0 Å². The Morgan fingerprint density at radius 3 is 1.76 bits per heavy atom. The second-order valence-electron chi connectivity index (χ2n) is 3.73. The topological polar surface area (TPSA) is 55.8 Å². The summed E-state index contributed by atoms with van der Waals surface area (Å²) in [6.45, 7) is 10.7. The average molecular weight is 272 g/mol. The van der Waals surface area contributed by atoms with Gasteiger partial charge >= 0.3 is 7.82 Å². The Kier molecular flexibility index (Phi) is 16.4. The number of hydrogen-bond acceptors (Lipinski definition) is 3. The lowest BCUT2D eigenvalue weighted by Crippen LogP contribution is -2.37. The van der Waals surface area contributed by atoms with Crippen LogP contribution in [0.5, 0.6) is 0 Å². The molecule has 17 heavy (non-hydrogen) atoms. The molecule has 0 saturated heterocycles. The van der Waals surface area contributed by atoms with Crippen LogP contribution >= 0.6 is 7.82 Å². The lowest BCUT2D eigenvalue weighted by molar-refractivity contribution is -0.870. The summed E-state index contributed by atoms with van der Waals surface area (Å²) in [6, 6.07) is 0. The lowest BCUT2D eigenvalue weighted by atomic mass is 10.5. The molecular weight excluding hydrogens is 241 g/mol. The van der Waals surface area contributed by atoms with E-state index < -0.39 is 7.82 Å². The van der Waals surface area contributed by atoms with Crippen LogP contribution < -0.4 is 0 Å². The van der Waals surface area contributed by atoms with Crippen molar-refractivity contribution in [2.75, 3.05) is 40.9 Å². The van der Waals surface area contributed by atoms with Crippen molar-refractivity contribution < 1.29 is 23.0 Å². The second kappa shape index (κ2) is 12.5. The van der Waals surface area contributed by atoms with Gasteiger partial charge in [0, 0.05) is 0 Å². The van der Waals surface area contributed by atoms with Crippen LogP contribution in [0, 0.1) is 0 Å². The van der Waals surface area contributed by atoms with Crippen molar-refractivity contribution >= 4 is 7.82 Å². The maximum absolute atomic E-state index is 11.0. The minimum absolute atomic E-state index is 0.179. The molecule has 0 spiro atoms. The summed E-state index contributed by atoms with van der Waals surface area (Å²) in [5.41, 5.74) is 0. The minimum atomic E-state index is -3.79. The number of rotatable bonds is 6. The van der Waals surface area contributed by atoms with Crippen LogP contribution in [0.4, 0.5) is 0 Å². The Balaban J connectivity index is -0.000000439. The number of likely N-dealkylation sites (N-methyl/N-ethyl adjacent to an activating group) is 1. The number of hydrogen-bond donors (Lipinski definition) is 1. The minimum Gasteiger partial charge on any atom is -0.329 e. The Hall–Kier alpha value is 0.0700. The van der Waals surface area contributed by atoms with E-state index in [1.165, 1.54) is 0 Å². The van der Waals surface area contributed by atoms with E-state index in [2.05, 4.69) is 4.52 Å². The molecule has 0 aliphatic carbocycles. The normalized spacial score (nSPS) is 13.7. The van der Waals surface area contributed by atoms with Crippen molar-refractivity contribution in [3.05, 3.63) is 0 Å². The van der Waals surface area contributed by atoms with E-state index in [9.17, 15) is 4.57 Å². The molecule has 6 heteroatoms. The fourth-order valence-electron chi connectivity index (χ4n) is 0.630. The molecule has 0 rings (SSSR count). The smallest absolute Gasteiger partial charge is 0.329 e. The zero-order valence-electron chi connectivity index (χ0n) is 12.7. The summed E-state index contributed by atoms with van der Waals surface area (Å²) in [4.78, 5) is 9.02. The van der Waals surface area contributed by atoms with Gasteiger partial charge in [-0.3, -0.25) is 9.05 Å². The number of quaternary nitrogens is 1. The fourth-order valence-corrected chi connectivity index (χ4v) is 1.34. The largest absolute Gasteiger partial charge is 0.472 e. The highest BCUT2D eigenvalue weighted by molar-refractivity contribution is 7.47. The lowest BCUT2D eigenvalue weighted by Gasteiger charge is -2.23. The molecule has 0 saturated carbocycles. The molecule has 0 heterocycles. The monoisotopic (exact) mass is 272 g/mol. The molecular formula is C11H31NO4P+. The van der Waals surface area contributed by atoms with Crippen LogP contribution in [-0.4, -0.2) is 50.3 Å². The Morgan fingerprint density at radius 1 is 1.06 bits per heavy atom. The van der Waals surface area contributed by atoms with E-state index in [1.54, 1.807) is 6.92 Å². The molecule has 0 bridgehead atoms. The van der Waals surface area contributed by atoms with Gasteiger partial charge in [0.1, 0.15) is 13.2 Å². The molecule has 0 aromatic rings. The molecule has 0 aliphatic heterocycles. The van der Waals surface area contributed by atoms with E-state index in [-0.39, 0.29) is 13.2 Å². The van der Waals surface area contributed by atoms with Crippen molar-refractivity contribution in [1.29, 1.82) is 0 Å². The first-order chi connectivity index (χ1) is 7.77. The summed E-state index contributed by atoms with van der Waals surface area (Å²) >= 11 is 0. The van der Waals surface area contributed by atoms with Crippen LogP contribution in [0.15, 0.2) is 0 Å². The van der Waals surface area contributed by atoms with Gasteiger partial charge in [0.25, 0.3) is 0 Å². The molecule has 1 N–H and O–H groups in total. The SMILES string of the molecule is CC.CC.CCOP(=O)(O)OCC[N+](C)(C)C. The van der Waals surface area contributed by atoms with Gasteiger partial charge in [0.2, 0.25) is 0 Å². The fraction of sp³-hybridized carbons (Fsp3) is 1.00. The highest BCUT2D eigenvalue weighted by atomic mass is 31.2. The van der Waals surface area contributed by atoms with Crippen LogP contribution in [-0.2, 0) is 13.6 Å². The zero-order chi connectivity index (χ0) is 14.5. The van der Waals surface area contributed by atoms with Crippen LogP contribution in [0.3, 0.4) is 0 Å². The standard InChI is InChI=1S/C7H18NO4P.2C2H6/c1-5-11-13(9,10)12-7-6-8(2,3)4;2*1-2/h5-7H2,1-4H3;2*1-2H3/p+1. The molecule has 108 valence electrons. The first-order valence-corrected chi connectivity index (χ1v) is 7.69. The van der Waals surface area contributed by atoms with E-state index in [1.807, 2.05) is 48.8 Å². The van der Waals surface area contributed by atoms with Gasteiger partial charge in [-0.05, 0) is 6.92 Å². The summed E-state index contributed by atoms with van der Waals surface area (Å²) in [6.07, 6.45) is 0. The van der Waals surface area contributed by atoms with Crippen LogP contribution in [0.1, 0.15) is 34.6 Å². The van der Waals surface area contributed by atoms with Gasteiger partial charge in [0.05, 0.1) is 27.7 Å². The third-order valence-corrected chi connectivity index (χ3v) is 2.40. The zero-order valence-corrected chi connectivity index (χ0v) is 13.6. The average Bonchev–Trinajstić information content (AvgIpc) is 2.21. The first kappa shape index (κ1) is 22.3. The van der Waals surface area contributed by atoms with Crippen molar-refractivity contribution in [3.63, 3.8) is 0 Å². The Bertz CT molecular complexity index is 192. The Morgan fingerprint density at radius 2 is 1.47 bits per heavy atom. The van der Waals surface area contributed by atoms with E-state index >= 15 is 0 Å². The van der Waals surface area contributed by atoms with Gasteiger partial charge < -0.3 is 9.38 Å². The van der Waals surface area contributed by atoms with Crippen molar-refractivity contribution in [2.24, 2.45) is 0 Å². The first-order valence-electron chi connectivity index (χ1n) is 6.19. The van der Waals surface area contributed by atoms with Gasteiger partial charge in [0.15, 0.2) is 0 Å². The van der Waals surface area contributed by atoms with Gasteiger partial charge in [-0.1, -0.05) is 27.7 Å². The van der Waals surface area contributed by atoms with Gasteiger partial charge in [-0.25, -0.2) is 4.57 Å². The highest BCUT2D eigenvalue weighted by Crippen LogP contribution is 2.42. The van der Waals surface area contributed by atoms with Crippen LogP contribution in [0.25, 0.3) is 0 Å². The quantitative estimate of drug-likeness (QED) is 0.596. The molecule has 1 unspecified atom stereocenters. The third kappa shape index (κ3) is 21.8. The molecule has 5 nitrogen and oxygen atoms in total. The maximum atomic E-state index is 11.0. The van der Waals surface area contributed by atoms with Crippen molar-refractivity contribution in [1.82, 2.24) is 0 Å². The highest BCUT2D eigenvalue weighted by Gasteiger charge is 2.20. The summed E-state index contributed by atoms with van der Waals surface area (Å²) in [5, 5.41) is 0. The summed E-state index contributed by atoms with van der Waals surface area (Å²) < 4.78 is 20.9. The molecule has 0 radical (unpaired) electrons. The molecule has 0 aromatic heterocycles. The number of nitrogens with zero attached hydrogens (tertiary/aromatic N) is 1. The number of phosphoric acid groups is 1. The van der Waals surface area contributed by atoms with Crippen LogP contribution in [0.2, 0.25) is 0 Å². The third-order valence-electron chi connectivity index (χ3n) is 1.31. The van der Waals surface area contributed by atoms with Gasteiger partial charge in [-0.2, -0.15) is 0 Å². The molecule has 0 aromatic carbocycles. The van der Waals surface area contributed by atoms with E-state index in [0.29, 0.717) is 11.0 Å². The second-order valence-corrected chi connectivity index (χ2v) is 5.19. The van der Waals surface area contributed by atoms with E-state index in [4.69, 9.17) is 9.42 Å². The van der Waals surface area contributed by atoms with Crippen molar-refractivity contribution in [2.45, 2.75) is 34.6 Å². The molecule has 0 fully saturated rings.